The van der Waals surface area contributed by atoms with Crippen molar-refractivity contribution in [1.29, 1.82) is 0 Å². The molecule has 27 heavy (non-hydrogen) atoms. The van der Waals surface area contributed by atoms with Crippen molar-refractivity contribution < 1.29 is 33.2 Å². The first-order valence-corrected chi connectivity index (χ1v) is 9.47. The lowest BCUT2D eigenvalue weighted by Gasteiger charge is -2.08. The molecule has 0 unspecified atom stereocenters. The van der Waals surface area contributed by atoms with Crippen molar-refractivity contribution in [3.05, 3.63) is 30.3 Å². The molecule has 0 aromatic heterocycles. The van der Waals surface area contributed by atoms with Crippen molar-refractivity contribution in [2.75, 3.05) is 66.1 Å². The van der Waals surface area contributed by atoms with Gasteiger partial charge in [0.2, 0.25) is 0 Å². The number of rotatable bonds is 18. The van der Waals surface area contributed by atoms with E-state index in [0.29, 0.717) is 72.5 Å². The van der Waals surface area contributed by atoms with Crippen molar-refractivity contribution in [3.8, 4) is 5.75 Å². The maximum Gasteiger partial charge on any atom is 0.305 e. The summed E-state index contributed by atoms with van der Waals surface area (Å²) in [7, 11) is 0. The molecular weight excluding hydrogens is 352 g/mol. The lowest BCUT2D eigenvalue weighted by Crippen LogP contribution is -2.15. The standard InChI is InChI=1S/C20H32O7/c1-2-6-20(21)27-18-16-25-14-12-23-10-9-22-11-13-24-15-17-26-19-7-4-3-5-8-19/h3-5,7-8H,2,6,9-18H2,1H3. The Morgan fingerprint density at radius 2 is 1.19 bits per heavy atom. The number of hydrogen-bond acceptors (Lipinski definition) is 7. The summed E-state index contributed by atoms with van der Waals surface area (Å²) in [6.07, 6.45) is 1.25. The second-order valence-corrected chi connectivity index (χ2v) is 5.58. The van der Waals surface area contributed by atoms with Crippen LogP contribution in [0.1, 0.15) is 19.8 Å². The zero-order valence-electron chi connectivity index (χ0n) is 16.2. The van der Waals surface area contributed by atoms with Crippen molar-refractivity contribution in [2.45, 2.75) is 19.8 Å². The minimum absolute atomic E-state index is 0.179. The van der Waals surface area contributed by atoms with Gasteiger partial charge in [-0.05, 0) is 18.6 Å². The SMILES string of the molecule is CCCC(=O)OCCOCCOCCOCCOCCOc1ccccc1. The molecule has 7 heteroatoms. The zero-order valence-corrected chi connectivity index (χ0v) is 16.2. The number of carbonyl (C=O) groups is 1. The summed E-state index contributed by atoms with van der Waals surface area (Å²) < 4.78 is 32.0. The molecule has 154 valence electrons. The molecular formula is C20H32O7. The molecule has 0 amide bonds. The molecule has 0 atom stereocenters. The number of para-hydroxylation sites is 1. The molecule has 7 nitrogen and oxygen atoms in total. The van der Waals surface area contributed by atoms with Crippen molar-refractivity contribution in [2.24, 2.45) is 0 Å². The van der Waals surface area contributed by atoms with Crippen LogP contribution in [0, 0.1) is 0 Å². The van der Waals surface area contributed by atoms with Crippen LogP contribution in [0.3, 0.4) is 0 Å². The number of hydrogen-bond donors (Lipinski definition) is 0. The van der Waals surface area contributed by atoms with E-state index in [9.17, 15) is 4.79 Å². The Hall–Kier alpha value is -1.67. The lowest BCUT2D eigenvalue weighted by molar-refractivity contribution is -0.145. The van der Waals surface area contributed by atoms with Gasteiger partial charge in [0, 0.05) is 6.42 Å². The molecule has 1 aromatic carbocycles. The molecule has 0 saturated heterocycles. The first kappa shape index (κ1) is 23.4. The minimum Gasteiger partial charge on any atom is -0.491 e. The van der Waals surface area contributed by atoms with Crippen LogP contribution in [0.4, 0.5) is 0 Å². The van der Waals surface area contributed by atoms with Crippen LogP contribution in [-0.2, 0) is 28.5 Å². The smallest absolute Gasteiger partial charge is 0.305 e. The highest BCUT2D eigenvalue weighted by Crippen LogP contribution is 2.07. The molecule has 0 saturated carbocycles. The summed E-state index contributed by atoms with van der Waals surface area (Å²) >= 11 is 0. The molecule has 0 fully saturated rings. The van der Waals surface area contributed by atoms with Crippen LogP contribution in [0.2, 0.25) is 0 Å². The maximum atomic E-state index is 11.1. The van der Waals surface area contributed by atoms with E-state index < -0.39 is 0 Å². The predicted molar refractivity (Wildman–Crippen MR) is 101 cm³/mol. The summed E-state index contributed by atoms with van der Waals surface area (Å²) in [6, 6.07) is 9.64. The zero-order chi connectivity index (χ0) is 19.4. The third-order valence-electron chi connectivity index (χ3n) is 3.30. The van der Waals surface area contributed by atoms with E-state index in [-0.39, 0.29) is 5.97 Å². The molecule has 0 aliphatic rings. The Balaban J connectivity index is 1.71. The van der Waals surface area contributed by atoms with Gasteiger partial charge in [0.1, 0.15) is 19.0 Å². The molecule has 1 rings (SSSR count). The van der Waals surface area contributed by atoms with Crippen LogP contribution in [0.25, 0.3) is 0 Å². The quantitative estimate of drug-likeness (QED) is 0.284. The molecule has 1 aromatic rings. The summed E-state index contributed by atoms with van der Waals surface area (Å²) in [5, 5.41) is 0. The van der Waals surface area contributed by atoms with E-state index in [1.165, 1.54) is 0 Å². The number of benzene rings is 1. The summed E-state index contributed by atoms with van der Waals surface area (Å²) in [6.45, 7) is 6.68. The summed E-state index contributed by atoms with van der Waals surface area (Å²) in [5.41, 5.74) is 0. The van der Waals surface area contributed by atoms with E-state index >= 15 is 0 Å². The van der Waals surface area contributed by atoms with Crippen LogP contribution in [0.15, 0.2) is 30.3 Å². The van der Waals surface area contributed by atoms with Crippen LogP contribution in [-0.4, -0.2) is 72.0 Å². The van der Waals surface area contributed by atoms with Gasteiger partial charge in [0.25, 0.3) is 0 Å². The lowest BCUT2D eigenvalue weighted by atomic mass is 10.3. The third kappa shape index (κ3) is 15.1. The Morgan fingerprint density at radius 1 is 0.704 bits per heavy atom. The number of esters is 1. The normalized spacial score (nSPS) is 10.7. The third-order valence-corrected chi connectivity index (χ3v) is 3.30. The summed E-state index contributed by atoms with van der Waals surface area (Å²) in [4.78, 5) is 11.1. The van der Waals surface area contributed by atoms with Gasteiger partial charge in [-0.1, -0.05) is 25.1 Å². The van der Waals surface area contributed by atoms with Gasteiger partial charge in [-0.2, -0.15) is 0 Å². The fourth-order valence-electron chi connectivity index (χ4n) is 1.99. The van der Waals surface area contributed by atoms with Gasteiger partial charge in [-0.3, -0.25) is 4.79 Å². The Kier molecular flexibility index (Phi) is 15.3. The molecule has 0 heterocycles. The highest BCUT2D eigenvalue weighted by molar-refractivity contribution is 5.69. The largest absolute Gasteiger partial charge is 0.491 e. The number of ether oxygens (including phenoxy) is 6. The maximum absolute atomic E-state index is 11.1. The van der Waals surface area contributed by atoms with Crippen molar-refractivity contribution in [3.63, 3.8) is 0 Å². The van der Waals surface area contributed by atoms with E-state index in [0.717, 1.165) is 12.2 Å². The highest BCUT2D eigenvalue weighted by Gasteiger charge is 1.99. The van der Waals surface area contributed by atoms with Gasteiger partial charge in [0.05, 0.1) is 52.9 Å². The molecule has 0 spiro atoms. The monoisotopic (exact) mass is 384 g/mol. The van der Waals surface area contributed by atoms with Gasteiger partial charge in [-0.25, -0.2) is 0 Å². The Labute approximate surface area is 161 Å². The van der Waals surface area contributed by atoms with Gasteiger partial charge >= 0.3 is 5.97 Å². The summed E-state index contributed by atoms with van der Waals surface area (Å²) in [5.74, 6) is 0.665. The topological polar surface area (TPSA) is 72.5 Å². The second-order valence-electron chi connectivity index (χ2n) is 5.58. The van der Waals surface area contributed by atoms with Gasteiger partial charge in [0.15, 0.2) is 0 Å². The highest BCUT2D eigenvalue weighted by atomic mass is 16.6. The first-order valence-electron chi connectivity index (χ1n) is 9.47. The average molecular weight is 384 g/mol. The minimum atomic E-state index is -0.179. The van der Waals surface area contributed by atoms with E-state index in [4.69, 9.17) is 28.4 Å². The van der Waals surface area contributed by atoms with Gasteiger partial charge < -0.3 is 28.4 Å². The van der Waals surface area contributed by atoms with Gasteiger partial charge in [-0.15, -0.1) is 0 Å². The van der Waals surface area contributed by atoms with E-state index in [1.807, 2.05) is 37.3 Å². The average Bonchev–Trinajstić information content (AvgIpc) is 2.68. The molecule has 0 N–H and O–H groups in total. The molecule has 0 bridgehead atoms. The fraction of sp³-hybridized carbons (Fsp3) is 0.650. The van der Waals surface area contributed by atoms with Crippen molar-refractivity contribution in [1.82, 2.24) is 0 Å². The number of carbonyl (C=O) groups excluding carboxylic acids is 1. The second kappa shape index (κ2) is 17.7. The Bertz CT molecular complexity index is 453. The Morgan fingerprint density at radius 3 is 1.70 bits per heavy atom. The molecule has 0 radical (unpaired) electrons. The predicted octanol–water partition coefficient (Wildman–Crippen LogP) is 2.48. The molecule has 0 aliphatic heterocycles. The fourth-order valence-corrected chi connectivity index (χ4v) is 1.99. The first-order chi connectivity index (χ1) is 13.3. The van der Waals surface area contributed by atoms with E-state index in [2.05, 4.69) is 0 Å². The molecule has 0 aliphatic carbocycles. The van der Waals surface area contributed by atoms with Crippen LogP contribution >= 0.6 is 0 Å². The van der Waals surface area contributed by atoms with Crippen LogP contribution < -0.4 is 4.74 Å². The van der Waals surface area contributed by atoms with Crippen LogP contribution in [0.5, 0.6) is 5.75 Å². The van der Waals surface area contributed by atoms with Crippen molar-refractivity contribution >= 4 is 5.97 Å². The van der Waals surface area contributed by atoms with E-state index in [1.54, 1.807) is 0 Å².